The molecule has 0 saturated carbocycles. The van der Waals surface area contributed by atoms with E-state index in [0.717, 1.165) is 38.3 Å². The second-order valence-corrected chi connectivity index (χ2v) is 10.4. The highest BCUT2D eigenvalue weighted by molar-refractivity contribution is 7.93. The molecule has 0 aliphatic carbocycles. The van der Waals surface area contributed by atoms with E-state index in [0.29, 0.717) is 0 Å². The van der Waals surface area contributed by atoms with Crippen molar-refractivity contribution in [3.63, 3.8) is 0 Å². The summed E-state index contributed by atoms with van der Waals surface area (Å²) < 4.78 is 54.8. The van der Waals surface area contributed by atoms with Gasteiger partial charge < -0.3 is 10.2 Å². The van der Waals surface area contributed by atoms with Gasteiger partial charge in [0.05, 0.1) is 22.0 Å². The Morgan fingerprint density at radius 3 is 2.37 bits per heavy atom. The average molecular weight is 475 g/mol. The molecule has 30 heavy (non-hydrogen) atoms. The van der Waals surface area contributed by atoms with Crippen molar-refractivity contribution < 1.29 is 16.8 Å². The van der Waals surface area contributed by atoms with Gasteiger partial charge in [0.15, 0.2) is 0 Å². The van der Waals surface area contributed by atoms with Crippen LogP contribution in [-0.2, 0) is 20.0 Å². The molecule has 1 saturated heterocycles. The standard InChI is InChI=1S/C19H26N4O4S2.ClH/c1-2-28(24,25)21-18-10-9-16(23-13-6-11-20-12-14-23)15-19(18)22-29(26,27)17-7-4-3-5-8-17;/h3-5,7-10,15,20-22H,2,6,11-14H2,1H3;1H. The van der Waals surface area contributed by atoms with Gasteiger partial charge in [-0.2, -0.15) is 0 Å². The molecule has 0 spiro atoms. The molecule has 0 unspecified atom stereocenters. The molecule has 166 valence electrons. The van der Waals surface area contributed by atoms with E-state index in [1.807, 2.05) is 0 Å². The topological polar surface area (TPSA) is 108 Å². The number of hydrogen-bond acceptors (Lipinski definition) is 6. The highest BCUT2D eigenvalue weighted by atomic mass is 35.5. The zero-order valence-corrected chi connectivity index (χ0v) is 19.1. The fourth-order valence-corrected chi connectivity index (χ4v) is 4.80. The predicted molar refractivity (Wildman–Crippen MR) is 124 cm³/mol. The average Bonchev–Trinajstić information content (AvgIpc) is 2.99. The normalized spacial score (nSPS) is 15.0. The number of halogens is 1. The number of nitrogens with zero attached hydrogens (tertiary/aromatic N) is 1. The van der Waals surface area contributed by atoms with Crippen LogP contribution in [0, 0.1) is 0 Å². The number of nitrogens with one attached hydrogen (secondary N) is 3. The fourth-order valence-electron chi connectivity index (χ4n) is 3.05. The number of hydrogen-bond donors (Lipinski definition) is 3. The van der Waals surface area contributed by atoms with Gasteiger partial charge in [-0.3, -0.25) is 9.44 Å². The van der Waals surface area contributed by atoms with E-state index in [4.69, 9.17) is 0 Å². The van der Waals surface area contributed by atoms with E-state index in [2.05, 4.69) is 19.7 Å². The zero-order valence-electron chi connectivity index (χ0n) is 16.7. The Bertz CT molecular complexity index is 1040. The number of benzene rings is 2. The minimum atomic E-state index is -3.87. The zero-order chi connectivity index (χ0) is 20.9. The molecule has 1 aliphatic heterocycles. The minimum absolute atomic E-state index is 0. The van der Waals surface area contributed by atoms with Crippen molar-refractivity contribution >= 4 is 49.5 Å². The van der Waals surface area contributed by atoms with Crippen LogP contribution in [0.1, 0.15) is 13.3 Å². The van der Waals surface area contributed by atoms with Crippen LogP contribution in [0.3, 0.4) is 0 Å². The molecular weight excluding hydrogens is 448 g/mol. The highest BCUT2D eigenvalue weighted by Crippen LogP contribution is 2.31. The molecule has 3 rings (SSSR count). The molecule has 3 N–H and O–H groups in total. The molecule has 0 amide bonds. The second-order valence-electron chi connectivity index (χ2n) is 6.74. The second kappa shape index (κ2) is 10.3. The summed E-state index contributed by atoms with van der Waals surface area (Å²) in [7, 11) is -7.44. The summed E-state index contributed by atoms with van der Waals surface area (Å²) in [4.78, 5) is 2.26. The first kappa shape index (κ1) is 24.3. The summed E-state index contributed by atoms with van der Waals surface area (Å²) in [5.74, 6) is -0.114. The van der Waals surface area contributed by atoms with Gasteiger partial charge in [-0.05, 0) is 50.2 Å². The van der Waals surface area contributed by atoms with Gasteiger partial charge in [-0.25, -0.2) is 16.8 Å². The maximum Gasteiger partial charge on any atom is 0.261 e. The maximum absolute atomic E-state index is 12.8. The van der Waals surface area contributed by atoms with Gasteiger partial charge in [-0.15, -0.1) is 12.4 Å². The van der Waals surface area contributed by atoms with Crippen molar-refractivity contribution in [2.24, 2.45) is 0 Å². The van der Waals surface area contributed by atoms with E-state index >= 15 is 0 Å². The molecule has 2 aromatic rings. The van der Waals surface area contributed by atoms with E-state index in [1.165, 1.54) is 19.1 Å². The molecule has 0 atom stereocenters. The SMILES string of the molecule is CCS(=O)(=O)Nc1ccc(N2CCCNCC2)cc1NS(=O)(=O)c1ccccc1.Cl. The van der Waals surface area contributed by atoms with E-state index in [-0.39, 0.29) is 34.4 Å². The van der Waals surface area contributed by atoms with Crippen molar-refractivity contribution in [1.29, 1.82) is 0 Å². The van der Waals surface area contributed by atoms with Crippen LogP contribution < -0.4 is 19.7 Å². The van der Waals surface area contributed by atoms with Gasteiger partial charge >= 0.3 is 0 Å². The Labute approximate surface area is 184 Å². The van der Waals surface area contributed by atoms with E-state index < -0.39 is 20.0 Å². The van der Waals surface area contributed by atoms with Crippen molar-refractivity contribution in [2.75, 3.05) is 46.3 Å². The van der Waals surface area contributed by atoms with Crippen LogP contribution in [0.2, 0.25) is 0 Å². The fraction of sp³-hybridized carbons (Fsp3) is 0.368. The van der Waals surface area contributed by atoms with E-state index in [1.54, 1.807) is 36.4 Å². The minimum Gasteiger partial charge on any atom is -0.370 e. The quantitative estimate of drug-likeness (QED) is 0.569. The van der Waals surface area contributed by atoms with Crippen molar-refractivity contribution in [3.8, 4) is 0 Å². The van der Waals surface area contributed by atoms with Gasteiger partial charge in [0.2, 0.25) is 10.0 Å². The highest BCUT2D eigenvalue weighted by Gasteiger charge is 2.20. The van der Waals surface area contributed by atoms with E-state index in [9.17, 15) is 16.8 Å². The lowest BCUT2D eigenvalue weighted by Gasteiger charge is -2.24. The van der Waals surface area contributed by atoms with Crippen molar-refractivity contribution in [3.05, 3.63) is 48.5 Å². The third kappa shape index (κ3) is 6.24. The number of rotatable bonds is 7. The molecule has 0 radical (unpaired) electrons. The van der Waals surface area contributed by atoms with Crippen LogP contribution >= 0.6 is 12.4 Å². The largest absolute Gasteiger partial charge is 0.370 e. The lowest BCUT2D eigenvalue weighted by molar-refractivity contribution is 0.599. The molecule has 1 heterocycles. The third-order valence-electron chi connectivity index (χ3n) is 4.65. The molecule has 8 nitrogen and oxygen atoms in total. The lowest BCUT2D eigenvalue weighted by Crippen LogP contribution is -2.28. The molecule has 11 heteroatoms. The lowest BCUT2D eigenvalue weighted by atomic mass is 10.2. The van der Waals surface area contributed by atoms with Crippen LogP contribution in [0.4, 0.5) is 17.1 Å². The Kier molecular flexibility index (Phi) is 8.36. The summed E-state index contributed by atoms with van der Waals surface area (Å²) in [5.41, 5.74) is 1.22. The number of anilines is 3. The Hall–Kier alpha value is -2.01. The molecular formula is C19H27ClN4O4S2. The summed E-state index contributed by atoms with van der Waals surface area (Å²) in [6.45, 7) is 4.89. The first-order valence-electron chi connectivity index (χ1n) is 9.49. The van der Waals surface area contributed by atoms with Gasteiger partial charge in [0.1, 0.15) is 0 Å². The monoisotopic (exact) mass is 474 g/mol. The van der Waals surface area contributed by atoms with Gasteiger partial charge in [0.25, 0.3) is 10.0 Å². The number of sulfonamides is 2. The van der Waals surface area contributed by atoms with Crippen LogP contribution in [0.5, 0.6) is 0 Å². The summed E-state index contributed by atoms with van der Waals surface area (Å²) >= 11 is 0. The first-order chi connectivity index (χ1) is 13.8. The van der Waals surface area contributed by atoms with Crippen molar-refractivity contribution in [2.45, 2.75) is 18.2 Å². The van der Waals surface area contributed by atoms with Crippen LogP contribution in [-0.4, -0.2) is 48.8 Å². The Morgan fingerprint density at radius 1 is 0.933 bits per heavy atom. The van der Waals surface area contributed by atoms with Crippen LogP contribution in [0.15, 0.2) is 53.4 Å². The Morgan fingerprint density at radius 2 is 1.67 bits per heavy atom. The first-order valence-corrected chi connectivity index (χ1v) is 12.6. The molecule has 2 aromatic carbocycles. The summed E-state index contributed by atoms with van der Waals surface area (Å²) in [6.07, 6.45) is 0.968. The van der Waals surface area contributed by atoms with Crippen molar-refractivity contribution in [1.82, 2.24) is 5.32 Å². The summed E-state index contributed by atoms with van der Waals surface area (Å²) in [6, 6.07) is 13.1. The smallest absolute Gasteiger partial charge is 0.261 e. The third-order valence-corrected chi connectivity index (χ3v) is 7.32. The predicted octanol–water partition coefficient (Wildman–Crippen LogP) is 2.47. The van der Waals surface area contributed by atoms with Gasteiger partial charge in [0, 0.05) is 25.3 Å². The van der Waals surface area contributed by atoms with Gasteiger partial charge in [-0.1, -0.05) is 18.2 Å². The molecule has 1 aliphatic rings. The molecule has 1 fully saturated rings. The maximum atomic E-state index is 12.8. The molecule has 0 aromatic heterocycles. The molecule has 0 bridgehead atoms. The Balaban J connectivity index is 0.00000320. The summed E-state index contributed by atoms with van der Waals surface area (Å²) in [5, 5.41) is 3.33. The van der Waals surface area contributed by atoms with Crippen LogP contribution in [0.25, 0.3) is 0 Å².